The number of piperidine rings is 1. The molecule has 4 N–H and O–H groups in total. The summed E-state index contributed by atoms with van der Waals surface area (Å²) in [6.07, 6.45) is 15.8. The fraction of sp³-hybridized carbons (Fsp3) is 0.739. The lowest BCUT2D eigenvalue weighted by Crippen LogP contribution is -2.70. The average molecular weight is 778 g/mol. The molecule has 2 aliphatic heterocycles. The summed E-state index contributed by atoms with van der Waals surface area (Å²) in [6.45, 7) is 25.1. The molecule has 0 spiro atoms. The highest BCUT2D eigenvalue weighted by atomic mass is 32.3. The number of hydrogen-bond donors (Lipinski definition) is 4. The molecule has 0 radical (unpaired) electrons. The van der Waals surface area contributed by atoms with Gasteiger partial charge in [-0.05, 0) is 173 Å². The topological polar surface area (TPSA) is 113 Å². The Bertz CT molecular complexity index is 1650. The van der Waals surface area contributed by atoms with Gasteiger partial charge in [0, 0.05) is 37.8 Å². The van der Waals surface area contributed by atoms with Crippen LogP contribution < -0.4 is 5.32 Å². The predicted octanol–water partition coefficient (Wildman–Crippen LogP) is 9.29. The molecule has 1 amide bonds. The monoisotopic (exact) mass is 778 g/mol. The fourth-order valence-corrected chi connectivity index (χ4v) is 15.7. The van der Waals surface area contributed by atoms with Crippen molar-refractivity contribution in [1.29, 1.82) is 0 Å². The van der Waals surface area contributed by atoms with Crippen molar-refractivity contribution in [3.63, 3.8) is 0 Å². The second-order valence-electron chi connectivity index (χ2n) is 20.3. The van der Waals surface area contributed by atoms with Gasteiger partial charge in [0.05, 0.1) is 17.1 Å². The summed E-state index contributed by atoms with van der Waals surface area (Å²) in [5.74, 6) is 3.19. The van der Waals surface area contributed by atoms with Crippen molar-refractivity contribution in [2.24, 2.45) is 51.2 Å². The number of allylic oxidation sites excluding steroid dienone is 1. The van der Waals surface area contributed by atoms with Gasteiger partial charge in [0.1, 0.15) is 0 Å². The number of nitrogens with one attached hydrogen (secondary N) is 1. The lowest BCUT2D eigenvalue weighted by atomic mass is 9.33. The molecule has 0 bridgehead atoms. The highest BCUT2D eigenvalue weighted by Gasteiger charge is 2.70. The van der Waals surface area contributed by atoms with Crippen LogP contribution in [0.4, 0.5) is 0 Å². The van der Waals surface area contributed by atoms with Gasteiger partial charge in [-0.1, -0.05) is 45.1 Å². The van der Waals surface area contributed by atoms with Gasteiger partial charge >= 0.3 is 5.97 Å². The molecular weight excluding hydrogens is 707 g/mol. The number of carboxylic acid groups (broad SMARTS) is 1. The summed E-state index contributed by atoms with van der Waals surface area (Å²) in [5.41, 5.74) is 3.24. The number of rotatable bonds is 10. The third kappa shape index (κ3) is 7.08. The van der Waals surface area contributed by atoms with E-state index in [1.54, 1.807) is 30.3 Å². The summed E-state index contributed by atoms with van der Waals surface area (Å²) < 4.78 is 20.0. The van der Waals surface area contributed by atoms with E-state index < -0.39 is 16.6 Å². The summed E-state index contributed by atoms with van der Waals surface area (Å²) in [4.78, 5) is 29.7. The van der Waals surface area contributed by atoms with Gasteiger partial charge in [-0.3, -0.25) is 13.9 Å². The second kappa shape index (κ2) is 14.9. The molecule has 1 aromatic rings. The zero-order chi connectivity index (χ0) is 39.6. The van der Waals surface area contributed by atoms with Gasteiger partial charge in [-0.2, -0.15) is 10.6 Å². The summed E-state index contributed by atoms with van der Waals surface area (Å²) in [7, 11) is -2.34. The zero-order valence-corrected chi connectivity index (χ0v) is 35.6. The molecule has 6 fully saturated rings. The maximum absolute atomic E-state index is 13.9. The summed E-state index contributed by atoms with van der Waals surface area (Å²) in [5, 5.41) is 13.3. The molecule has 306 valence electrons. The van der Waals surface area contributed by atoms with Gasteiger partial charge in [0.15, 0.2) is 0 Å². The first kappa shape index (κ1) is 41.0. The SMILES string of the molecule is C=C(C)[C@@H]1CC[C@]2(CNCCCN3CCS(O)(O)CC3)CC[C@]3(C)[C@H](CC[C@@H]4[C@@]5(C)CCN(C(=O)/C=C/c6ccc(C(=O)O)cc6)C(C)(C)[C@@H]5CC[C@]43C)[C@@H]12. The lowest BCUT2D eigenvalue weighted by Gasteiger charge is -2.73. The Morgan fingerprint density at radius 3 is 2.27 bits per heavy atom. The van der Waals surface area contributed by atoms with Crippen LogP contribution >= 0.6 is 10.6 Å². The number of likely N-dealkylation sites (tertiary alicyclic amines) is 1. The Morgan fingerprint density at radius 1 is 0.891 bits per heavy atom. The van der Waals surface area contributed by atoms with Gasteiger partial charge in [-0.25, -0.2) is 4.79 Å². The molecule has 0 unspecified atom stereocenters. The number of carbonyl (C=O) groups excluding carboxylic acids is 1. The molecule has 9 heteroatoms. The number of aromatic carboxylic acids is 1. The van der Waals surface area contributed by atoms with Gasteiger partial charge in [0.2, 0.25) is 5.91 Å². The molecule has 7 rings (SSSR count). The quantitative estimate of drug-likeness (QED) is 0.106. The molecule has 9 atom stereocenters. The Morgan fingerprint density at radius 2 is 1.60 bits per heavy atom. The van der Waals surface area contributed by atoms with Crippen LogP contribution in [-0.2, 0) is 4.79 Å². The van der Waals surface area contributed by atoms with E-state index in [1.807, 2.05) is 6.08 Å². The van der Waals surface area contributed by atoms with E-state index in [-0.39, 0.29) is 33.3 Å². The predicted molar refractivity (Wildman–Crippen MR) is 225 cm³/mol. The van der Waals surface area contributed by atoms with Crippen molar-refractivity contribution in [2.45, 2.75) is 111 Å². The maximum atomic E-state index is 13.9. The van der Waals surface area contributed by atoms with Crippen LogP contribution in [0.5, 0.6) is 0 Å². The molecular formula is C46H71N3O5S. The molecule has 2 heterocycles. The fourth-order valence-electron chi connectivity index (χ4n) is 14.4. The van der Waals surface area contributed by atoms with E-state index in [0.29, 0.717) is 46.5 Å². The normalized spacial score (nSPS) is 40.1. The largest absolute Gasteiger partial charge is 0.478 e. The Hall–Kier alpha value is -2.17. The molecule has 8 nitrogen and oxygen atoms in total. The van der Waals surface area contributed by atoms with Crippen molar-refractivity contribution in [3.8, 4) is 0 Å². The van der Waals surface area contributed by atoms with E-state index in [0.717, 1.165) is 64.1 Å². The first-order valence-electron chi connectivity index (χ1n) is 21.5. The van der Waals surface area contributed by atoms with Crippen LogP contribution in [0.3, 0.4) is 0 Å². The molecule has 2 saturated heterocycles. The minimum Gasteiger partial charge on any atom is -0.478 e. The molecule has 1 aromatic carbocycles. The number of amides is 1. The van der Waals surface area contributed by atoms with Crippen molar-refractivity contribution in [1.82, 2.24) is 15.1 Å². The van der Waals surface area contributed by atoms with Gasteiger partial charge in [0.25, 0.3) is 0 Å². The smallest absolute Gasteiger partial charge is 0.335 e. The van der Waals surface area contributed by atoms with E-state index in [9.17, 15) is 23.8 Å². The number of nitrogens with zero attached hydrogens (tertiary/aromatic N) is 2. The molecule has 4 aliphatic carbocycles. The lowest BCUT2D eigenvalue weighted by molar-refractivity contribution is -0.240. The highest BCUT2D eigenvalue weighted by molar-refractivity contribution is 8.24. The third-order valence-corrected chi connectivity index (χ3v) is 19.2. The number of fused-ring (bicyclic) bond motifs is 7. The maximum Gasteiger partial charge on any atom is 0.335 e. The van der Waals surface area contributed by atoms with Gasteiger partial charge in [-0.15, -0.1) is 0 Å². The number of carboxylic acids is 1. The van der Waals surface area contributed by atoms with Crippen LogP contribution in [0.1, 0.15) is 122 Å². The van der Waals surface area contributed by atoms with E-state index >= 15 is 0 Å². The summed E-state index contributed by atoms with van der Waals surface area (Å²) >= 11 is 0. The number of hydrogen-bond acceptors (Lipinski definition) is 6. The minimum absolute atomic E-state index is 0.0505. The molecule has 4 saturated carbocycles. The van der Waals surface area contributed by atoms with Crippen molar-refractivity contribution in [3.05, 3.63) is 53.6 Å². The van der Waals surface area contributed by atoms with Crippen molar-refractivity contribution in [2.75, 3.05) is 50.8 Å². The van der Waals surface area contributed by atoms with E-state index in [4.69, 9.17) is 0 Å². The number of carbonyl (C=O) groups is 2. The van der Waals surface area contributed by atoms with E-state index in [1.165, 1.54) is 50.5 Å². The Labute approximate surface area is 333 Å². The molecule has 0 aromatic heterocycles. The standard InChI is InChI=1S/C46H71N3O5S/c1-32(2)35-17-20-46(31-47-24-8-25-48-27-29-55(53,54)30-28-48)22-21-44(6)36(40(35)46)14-15-38-43(5)23-26-49(42(3,4)37(43)18-19-45(38,44)7)39(50)16-11-33-9-12-34(13-10-33)41(51)52/h9-13,16,35-38,40,47,53-54H,1,8,14-15,17-31H2,2-7H3,(H,51,52)/b16-11+/t35-,36+,37-,38+,40+,43-,44+,45+,46+/m0/s1. The van der Waals surface area contributed by atoms with Crippen molar-refractivity contribution < 1.29 is 23.8 Å². The van der Waals surface area contributed by atoms with Crippen LogP contribution in [0.15, 0.2) is 42.5 Å². The summed E-state index contributed by atoms with van der Waals surface area (Å²) in [6, 6.07) is 6.71. The second-order valence-corrected chi connectivity index (χ2v) is 22.7. The third-order valence-electron chi connectivity index (χ3n) is 17.5. The van der Waals surface area contributed by atoms with Crippen LogP contribution in [0, 0.1) is 51.2 Å². The van der Waals surface area contributed by atoms with Crippen LogP contribution in [-0.4, -0.2) is 92.2 Å². The Kier molecular flexibility index (Phi) is 11.1. The van der Waals surface area contributed by atoms with Crippen molar-refractivity contribution >= 4 is 28.5 Å². The highest BCUT2D eigenvalue weighted by Crippen LogP contribution is 2.76. The first-order chi connectivity index (χ1) is 25.9. The van der Waals surface area contributed by atoms with Crippen LogP contribution in [0.2, 0.25) is 0 Å². The van der Waals surface area contributed by atoms with E-state index in [2.05, 4.69) is 63.2 Å². The van der Waals surface area contributed by atoms with Gasteiger partial charge < -0.3 is 20.2 Å². The molecule has 6 aliphatic rings. The Balaban J connectivity index is 1.04. The first-order valence-corrected chi connectivity index (χ1v) is 23.4. The molecule has 55 heavy (non-hydrogen) atoms. The van der Waals surface area contributed by atoms with Crippen LogP contribution in [0.25, 0.3) is 6.08 Å². The zero-order valence-electron chi connectivity index (χ0n) is 34.7. The average Bonchev–Trinajstić information content (AvgIpc) is 3.51. The number of benzene rings is 1. The minimum atomic E-state index is -2.34.